The van der Waals surface area contributed by atoms with Gasteiger partial charge in [0.15, 0.2) is 22.4 Å². The van der Waals surface area contributed by atoms with Gasteiger partial charge in [0.05, 0.1) is 4.90 Å². The minimum atomic E-state index is -3.47. The van der Waals surface area contributed by atoms with Gasteiger partial charge in [0.2, 0.25) is 0 Å². The minimum Gasteiger partial charge on any atom is -0.298 e. The van der Waals surface area contributed by atoms with Crippen molar-refractivity contribution in [2.75, 3.05) is 6.26 Å². The summed E-state index contributed by atoms with van der Waals surface area (Å²) in [4.78, 5) is 21.0. The van der Waals surface area contributed by atoms with Crippen LogP contribution in [0.4, 0.5) is 0 Å². The molecule has 0 fully saturated rings. The zero-order chi connectivity index (χ0) is 10.8. The molecule has 14 heavy (non-hydrogen) atoms. The normalized spacial score (nSPS) is 10.9. The summed E-state index contributed by atoms with van der Waals surface area (Å²) in [7, 11) is -3.47. The van der Waals surface area contributed by atoms with E-state index in [1.165, 1.54) is 18.2 Å². The van der Waals surface area contributed by atoms with E-state index in [4.69, 9.17) is 0 Å². The van der Waals surface area contributed by atoms with Gasteiger partial charge in [-0.2, -0.15) is 0 Å². The van der Waals surface area contributed by atoms with Crippen LogP contribution in [-0.2, 0) is 9.84 Å². The fourth-order valence-corrected chi connectivity index (χ4v) is 2.00. The van der Waals surface area contributed by atoms with Crippen molar-refractivity contribution < 1.29 is 18.0 Å². The molecule has 1 aromatic rings. The van der Waals surface area contributed by atoms with Crippen LogP contribution in [0.25, 0.3) is 0 Å². The number of carbonyl (C=O) groups is 2. The average molecular weight is 212 g/mol. The predicted octanol–water partition coefficient (Wildman–Crippen LogP) is 0.715. The molecule has 0 aliphatic carbocycles. The molecule has 1 aromatic carbocycles. The molecule has 0 aliphatic heterocycles. The molecular weight excluding hydrogens is 204 g/mol. The molecule has 0 N–H and O–H groups in total. The molecule has 74 valence electrons. The van der Waals surface area contributed by atoms with Gasteiger partial charge < -0.3 is 0 Å². The van der Waals surface area contributed by atoms with Gasteiger partial charge >= 0.3 is 0 Å². The number of aldehydes is 2. The van der Waals surface area contributed by atoms with E-state index in [2.05, 4.69) is 0 Å². The number of rotatable bonds is 3. The number of sulfone groups is 1. The van der Waals surface area contributed by atoms with Gasteiger partial charge in [0.25, 0.3) is 0 Å². The second kappa shape index (κ2) is 3.71. The van der Waals surface area contributed by atoms with Crippen LogP contribution >= 0.6 is 0 Å². The van der Waals surface area contributed by atoms with Crippen LogP contribution in [-0.4, -0.2) is 27.2 Å². The van der Waals surface area contributed by atoms with E-state index in [1.807, 2.05) is 0 Å². The fourth-order valence-electron chi connectivity index (χ4n) is 1.11. The van der Waals surface area contributed by atoms with E-state index in [1.54, 1.807) is 0 Å². The highest BCUT2D eigenvalue weighted by atomic mass is 32.2. The fraction of sp³-hybridized carbons (Fsp3) is 0.111. The van der Waals surface area contributed by atoms with Crippen LogP contribution in [0.15, 0.2) is 23.1 Å². The summed E-state index contributed by atoms with van der Waals surface area (Å²) < 4.78 is 22.4. The predicted molar refractivity (Wildman–Crippen MR) is 50.3 cm³/mol. The van der Waals surface area contributed by atoms with Crippen molar-refractivity contribution in [1.29, 1.82) is 0 Å². The molecule has 0 saturated heterocycles. The summed E-state index contributed by atoms with van der Waals surface area (Å²) in [6, 6.07) is 4.12. The van der Waals surface area contributed by atoms with Crippen LogP contribution in [0.2, 0.25) is 0 Å². The molecule has 5 heteroatoms. The first-order valence-corrected chi connectivity index (χ1v) is 5.63. The Morgan fingerprint density at radius 1 is 1.14 bits per heavy atom. The lowest BCUT2D eigenvalue weighted by Gasteiger charge is -2.03. The highest BCUT2D eigenvalue weighted by Crippen LogP contribution is 2.16. The molecular formula is C9H8O4S. The van der Waals surface area contributed by atoms with E-state index in [0.29, 0.717) is 12.6 Å². The Bertz CT molecular complexity index is 474. The third-order valence-electron chi connectivity index (χ3n) is 1.74. The van der Waals surface area contributed by atoms with Gasteiger partial charge in [-0.3, -0.25) is 9.59 Å². The highest BCUT2D eigenvalue weighted by Gasteiger charge is 2.15. The minimum absolute atomic E-state index is 0.0787. The number of hydrogen-bond donors (Lipinski definition) is 0. The zero-order valence-electron chi connectivity index (χ0n) is 7.43. The van der Waals surface area contributed by atoms with Crippen molar-refractivity contribution in [2.24, 2.45) is 0 Å². The molecule has 0 unspecified atom stereocenters. The van der Waals surface area contributed by atoms with Gasteiger partial charge in [-0.15, -0.1) is 0 Å². The Morgan fingerprint density at radius 3 is 2.21 bits per heavy atom. The van der Waals surface area contributed by atoms with Gasteiger partial charge in [0.1, 0.15) is 0 Å². The molecule has 0 heterocycles. The summed E-state index contributed by atoms with van der Waals surface area (Å²) >= 11 is 0. The summed E-state index contributed by atoms with van der Waals surface area (Å²) in [6.45, 7) is 0. The molecule has 0 saturated carbocycles. The van der Waals surface area contributed by atoms with Crippen molar-refractivity contribution in [3.63, 3.8) is 0 Å². The molecule has 0 radical (unpaired) electrons. The molecule has 0 aliphatic rings. The summed E-state index contributed by atoms with van der Waals surface area (Å²) in [5, 5.41) is 0. The lowest BCUT2D eigenvalue weighted by atomic mass is 10.1. The quantitative estimate of drug-likeness (QED) is 0.692. The summed E-state index contributed by atoms with van der Waals surface area (Å²) in [6.07, 6.45) is 1.82. The van der Waals surface area contributed by atoms with Crippen LogP contribution in [0.5, 0.6) is 0 Å². The molecule has 0 atom stereocenters. The van der Waals surface area contributed by atoms with E-state index in [9.17, 15) is 18.0 Å². The topological polar surface area (TPSA) is 68.3 Å². The van der Waals surface area contributed by atoms with Gasteiger partial charge in [-0.05, 0) is 6.07 Å². The number of benzene rings is 1. The SMILES string of the molecule is CS(=O)(=O)c1cccc(C=O)c1C=O. The first-order chi connectivity index (χ1) is 6.50. The monoisotopic (exact) mass is 212 g/mol. The van der Waals surface area contributed by atoms with Crippen LogP contribution < -0.4 is 0 Å². The maximum absolute atomic E-state index is 11.2. The van der Waals surface area contributed by atoms with Gasteiger partial charge in [-0.1, -0.05) is 12.1 Å². The molecule has 4 nitrogen and oxygen atoms in total. The largest absolute Gasteiger partial charge is 0.298 e. The van der Waals surface area contributed by atoms with Crippen molar-refractivity contribution in [1.82, 2.24) is 0 Å². The second-order valence-corrected chi connectivity index (χ2v) is 4.75. The maximum atomic E-state index is 11.2. The molecule has 1 rings (SSSR count). The molecule has 0 spiro atoms. The standard InChI is InChI=1S/C9H8O4S/c1-14(12,13)9-4-2-3-7(5-10)8(9)6-11/h2-6H,1H3. The van der Waals surface area contributed by atoms with Crippen molar-refractivity contribution in [2.45, 2.75) is 4.90 Å². The maximum Gasteiger partial charge on any atom is 0.176 e. The first-order valence-electron chi connectivity index (χ1n) is 3.74. The van der Waals surface area contributed by atoms with Gasteiger partial charge in [-0.25, -0.2) is 8.42 Å². The summed E-state index contributed by atoms with van der Waals surface area (Å²) in [5.41, 5.74) is 0.00734. The van der Waals surface area contributed by atoms with E-state index < -0.39 is 9.84 Å². The molecule has 0 amide bonds. The number of carbonyl (C=O) groups excluding carboxylic acids is 2. The van der Waals surface area contributed by atoms with Crippen LogP contribution in [0.1, 0.15) is 20.7 Å². The lowest BCUT2D eigenvalue weighted by Crippen LogP contribution is -2.04. The molecule has 0 aromatic heterocycles. The Morgan fingerprint density at radius 2 is 1.79 bits per heavy atom. The molecule has 0 bridgehead atoms. The van der Waals surface area contributed by atoms with Crippen molar-refractivity contribution in [3.05, 3.63) is 29.3 Å². The zero-order valence-corrected chi connectivity index (χ0v) is 8.24. The van der Waals surface area contributed by atoms with Crippen LogP contribution in [0, 0.1) is 0 Å². The second-order valence-electron chi connectivity index (χ2n) is 2.77. The Hall–Kier alpha value is -1.49. The van der Waals surface area contributed by atoms with E-state index in [0.717, 1.165) is 6.26 Å². The lowest BCUT2D eigenvalue weighted by molar-refractivity contribution is 0.109. The third-order valence-corrected chi connectivity index (χ3v) is 2.90. The van der Waals surface area contributed by atoms with Crippen LogP contribution in [0.3, 0.4) is 0 Å². The highest BCUT2D eigenvalue weighted by molar-refractivity contribution is 7.90. The smallest absolute Gasteiger partial charge is 0.176 e. The third kappa shape index (κ3) is 1.88. The Balaban J connectivity index is 3.61. The first kappa shape index (κ1) is 10.6. The number of hydrogen-bond acceptors (Lipinski definition) is 4. The Labute approximate surface area is 81.5 Å². The summed E-state index contributed by atoms with van der Waals surface area (Å²) in [5.74, 6) is 0. The van der Waals surface area contributed by atoms with Gasteiger partial charge in [0, 0.05) is 17.4 Å². The van der Waals surface area contributed by atoms with Crippen molar-refractivity contribution in [3.8, 4) is 0 Å². The average Bonchev–Trinajstić information content (AvgIpc) is 2.15. The Kier molecular flexibility index (Phi) is 2.81. The van der Waals surface area contributed by atoms with E-state index in [-0.39, 0.29) is 16.0 Å². The van der Waals surface area contributed by atoms with E-state index >= 15 is 0 Å². The van der Waals surface area contributed by atoms with Crippen molar-refractivity contribution >= 4 is 22.4 Å².